The first kappa shape index (κ1) is 19.0. The number of likely N-dealkylation sites (N-methyl/N-ethyl adjacent to an activating group) is 1. The fraction of sp³-hybridized carbons (Fsp3) is 0.316. The molecule has 2 aromatic carbocycles. The van der Waals surface area contributed by atoms with Gasteiger partial charge in [0, 0.05) is 12.2 Å². The molecule has 0 spiro atoms. The molecule has 2 rings (SSSR count). The number of nitrogens with zero attached hydrogens (tertiary/aromatic N) is 1. The number of rotatable bonds is 6. The minimum atomic E-state index is -4.34. The molecule has 25 heavy (non-hydrogen) atoms. The van der Waals surface area contributed by atoms with Gasteiger partial charge in [0.1, 0.15) is 0 Å². The van der Waals surface area contributed by atoms with E-state index in [1.807, 2.05) is 24.3 Å². The number of nitrogens with one attached hydrogen (secondary N) is 1. The van der Waals surface area contributed by atoms with Crippen molar-refractivity contribution in [3.63, 3.8) is 0 Å². The van der Waals surface area contributed by atoms with Crippen LogP contribution in [0, 0.1) is 0 Å². The van der Waals surface area contributed by atoms with Crippen LogP contribution in [-0.4, -0.2) is 24.4 Å². The van der Waals surface area contributed by atoms with Gasteiger partial charge in [0.25, 0.3) is 0 Å². The monoisotopic (exact) mass is 350 g/mol. The number of anilines is 1. The number of alkyl halides is 3. The molecule has 0 aromatic heterocycles. The Kier molecular flexibility index (Phi) is 6.20. The SMILES string of the molecule is CCc1ccc(NC(=O)CN(C)Cc2ccc(C(F)(F)F)cc2)cc1. The third-order valence-electron chi connectivity index (χ3n) is 3.79. The summed E-state index contributed by atoms with van der Waals surface area (Å²) in [5.41, 5.74) is 1.96. The van der Waals surface area contributed by atoms with Crippen LogP contribution in [0.25, 0.3) is 0 Å². The van der Waals surface area contributed by atoms with Gasteiger partial charge in [0.05, 0.1) is 12.1 Å². The summed E-state index contributed by atoms with van der Waals surface area (Å²) >= 11 is 0. The molecule has 0 saturated heterocycles. The Morgan fingerprint density at radius 3 is 2.08 bits per heavy atom. The molecule has 3 nitrogen and oxygen atoms in total. The van der Waals surface area contributed by atoms with Gasteiger partial charge in [-0.25, -0.2) is 0 Å². The minimum absolute atomic E-state index is 0.149. The highest BCUT2D eigenvalue weighted by molar-refractivity contribution is 5.92. The molecule has 6 heteroatoms. The predicted octanol–water partition coefficient (Wildman–Crippen LogP) is 4.34. The Morgan fingerprint density at radius 2 is 1.56 bits per heavy atom. The van der Waals surface area contributed by atoms with Crippen LogP contribution >= 0.6 is 0 Å². The topological polar surface area (TPSA) is 32.3 Å². The van der Waals surface area contributed by atoms with E-state index in [4.69, 9.17) is 0 Å². The van der Waals surface area contributed by atoms with Crippen LogP contribution in [0.1, 0.15) is 23.6 Å². The number of hydrogen-bond donors (Lipinski definition) is 1. The van der Waals surface area contributed by atoms with Crippen LogP contribution in [0.2, 0.25) is 0 Å². The first-order valence-corrected chi connectivity index (χ1v) is 8.01. The van der Waals surface area contributed by atoms with Gasteiger partial charge in [-0.05, 0) is 48.9 Å². The molecule has 2 aromatic rings. The van der Waals surface area contributed by atoms with Crippen molar-refractivity contribution in [3.05, 3.63) is 65.2 Å². The third-order valence-corrected chi connectivity index (χ3v) is 3.79. The molecule has 134 valence electrons. The molecule has 0 atom stereocenters. The van der Waals surface area contributed by atoms with Gasteiger partial charge < -0.3 is 5.32 Å². The normalized spacial score (nSPS) is 11.6. The molecule has 0 saturated carbocycles. The Balaban J connectivity index is 1.86. The highest BCUT2D eigenvalue weighted by Gasteiger charge is 2.29. The number of amides is 1. The van der Waals surface area contributed by atoms with E-state index < -0.39 is 11.7 Å². The zero-order valence-corrected chi connectivity index (χ0v) is 14.2. The zero-order valence-electron chi connectivity index (χ0n) is 14.2. The number of benzene rings is 2. The van der Waals surface area contributed by atoms with E-state index in [0.717, 1.165) is 29.8 Å². The van der Waals surface area contributed by atoms with Crippen LogP contribution in [0.3, 0.4) is 0 Å². The summed E-state index contributed by atoms with van der Waals surface area (Å²) < 4.78 is 37.6. The highest BCUT2D eigenvalue weighted by atomic mass is 19.4. The number of aryl methyl sites for hydroxylation is 1. The van der Waals surface area contributed by atoms with Crippen LogP contribution in [0.15, 0.2) is 48.5 Å². The second kappa shape index (κ2) is 8.16. The quantitative estimate of drug-likeness (QED) is 0.841. The Labute approximate surface area is 145 Å². The van der Waals surface area contributed by atoms with Crippen molar-refractivity contribution in [2.45, 2.75) is 26.1 Å². The molecule has 0 unspecified atom stereocenters. The van der Waals surface area contributed by atoms with Crippen molar-refractivity contribution in [3.8, 4) is 0 Å². The molecular formula is C19H21F3N2O. The average Bonchev–Trinajstić information content (AvgIpc) is 2.55. The highest BCUT2D eigenvalue weighted by Crippen LogP contribution is 2.29. The fourth-order valence-electron chi connectivity index (χ4n) is 2.44. The second-order valence-electron chi connectivity index (χ2n) is 5.97. The number of hydrogen-bond acceptors (Lipinski definition) is 2. The lowest BCUT2D eigenvalue weighted by Crippen LogP contribution is -2.29. The van der Waals surface area contributed by atoms with Crippen molar-refractivity contribution in [1.82, 2.24) is 4.90 Å². The number of halogens is 3. The fourth-order valence-corrected chi connectivity index (χ4v) is 2.44. The van der Waals surface area contributed by atoms with Gasteiger partial charge >= 0.3 is 6.18 Å². The molecule has 0 heterocycles. The summed E-state index contributed by atoms with van der Waals surface area (Å²) in [4.78, 5) is 13.8. The molecule has 0 radical (unpaired) electrons. The van der Waals surface area contributed by atoms with E-state index >= 15 is 0 Å². The maximum absolute atomic E-state index is 12.5. The minimum Gasteiger partial charge on any atom is -0.325 e. The summed E-state index contributed by atoms with van der Waals surface area (Å²) in [7, 11) is 1.75. The van der Waals surface area contributed by atoms with Crippen LogP contribution in [-0.2, 0) is 23.9 Å². The molecule has 0 aliphatic rings. The van der Waals surface area contributed by atoms with Crippen LogP contribution < -0.4 is 5.32 Å². The summed E-state index contributed by atoms with van der Waals surface area (Å²) in [5, 5.41) is 2.81. The first-order valence-electron chi connectivity index (χ1n) is 8.01. The van der Waals surface area contributed by atoms with Crippen molar-refractivity contribution in [2.75, 3.05) is 18.9 Å². The molecular weight excluding hydrogens is 329 g/mol. The van der Waals surface area contributed by atoms with E-state index in [9.17, 15) is 18.0 Å². The van der Waals surface area contributed by atoms with E-state index in [2.05, 4.69) is 12.2 Å². The van der Waals surface area contributed by atoms with E-state index in [-0.39, 0.29) is 12.5 Å². The molecule has 1 N–H and O–H groups in total. The smallest absolute Gasteiger partial charge is 0.325 e. The van der Waals surface area contributed by atoms with Gasteiger partial charge in [-0.2, -0.15) is 13.2 Å². The number of carbonyl (C=O) groups excluding carboxylic acids is 1. The lowest BCUT2D eigenvalue weighted by Gasteiger charge is -2.17. The van der Waals surface area contributed by atoms with E-state index in [1.165, 1.54) is 17.7 Å². The van der Waals surface area contributed by atoms with Gasteiger partial charge in [-0.15, -0.1) is 0 Å². The summed E-state index contributed by atoms with van der Waals surface area (Å²) in [5.74, 6) is -0.168. The lowest BCUT2D eigenvalue weighted by molar-refractivity contribution is -0.137. The maximum Gasteiger partial charge on any atom is 0.416 e. The van der Waals surface area contributed by atoms with Crippen LogP contribution in [0.5, 0.6) is 0 Å². The third kappa shape index (κ3) is 5.90. The summed E-state index contributed by atoms with van der Waals surface area (Å²) in [6.07, 6.45) is -3.40. The van der Waals surface area contributed by atoms with E-state index in [1.54, 1.807) is 11.9 Å². The van der Waals surface area contributed by atoms with Crippen molar-refractivity contribution >= 4 is 11.6 Å². The molecule has 0 fully saturated rings. The number of carbonyl (C=O) groups is 1. The molecule has 0 aliphatic carbocycles. The average molecular weight is 350 g/mol. The Hall–Kier alpha value is -2.34. The Morgan fingerprint density at radius 1 is 1.00 bits per heavy atom. The summed E-state index contributed by atoms with van der Waals surface area (Å²) in [6.45, 7) is 2.60. The van der Waals surface area contributed by atoms with Crippen molar-refractivity contribution in [2.24, 2.45) is 0 Å². The van der Waals surface area contributed by atoms with Gasteiger partial charge in [0.15, 0.2) is 0 Å². The maximum atomic E-state index is 12.5. The van der Waals surface area contributed by atoms with Gasteiger partial charge in [-0.3, -0.25) is 9.69 Å². The first-order chi connectivity index (χ1) is 11.8. The second-order valence-corrected chi connectivity index (χ2v) is 5.97. The van der Waals surface area contributed by atoms with Gasteiger partial charge in [0.2, 0.25) is 5.91 Å². The Bertz CT molecular complexity index is 694. The van der Waals surface area contributed by atoms with Crippen molar-refractivity contribution < 1.29 is 18.0 Å². The van der Waals surface area contributed by atoms with Crippen LogP contribution in [0.4, 0.5) is 18.9 Å². The predicted molar refractivity (Wildman–Crippen MR) is 92.2 cm³/mol. The standard InChI is InChI=1S/C19H21F3N2O/c1-3-14-6-10-17(11-7-14)23-18(25)13-24(2)12-15-4-8-16(9-5-15)19(20,21)22/h4-11H,3,12-13H2,1-2H3,(H,23,25). The van der Waals surface area contributed by atoms with Crippen molar-refractivity contribution in [1.29, 1.82) is 0 Å². The molecule has 0 bridgehead atoms. The largest absolute Gasteiger partial charge is 0.416 e. The molecule has 1 amide bonds. The summed E-state index contributed by atoms with van der Waals surface area (Å²) in [6, 6.07) is 12.6. The van der Waals surface area contributed by atoms with E-state index in [0.29, 0.717) is 6.54 Å². The molecule has 0 aliphatic heterocycles. The lowest BCUT2D eigenvalue weighted by atomic mass is 10.1. The zero-order chi connectivity index (χ0) is 18.4. The van der Waals surface area contributed by atoms with Gasteiger partial charge in [-0.1, -0.05) is 31.2 Å².